The van der Waals surface area contributed by atoms with E-state index in [1.54, 1.807) is 0 Å². The zero-order chi connectivity index (χ0) is 17.3. The maximum absolute atomic E-state index is 4.27. The number of rotatable bonds is 6. The summed E-state index contributed by atoms with van der Waals surface area (Å²) in [5.41, 5.74) is 5.34. The van der Waals surface area contributed by atoms with Crippen molar-refractivity contribution in [2.24, 2.45) is 13.0 Å². The van der Waals surface area contributed by atoms with Crippen molar-refractivity contribution in [2.75, 3.05) is 0 Å². The van der Waals surface area contributed by atoms with Crippen LogP contribution in [0.5, 0.6) is 0 Å². The minimum Gasteiger partial charge on any atom is -0.344 e. The van der Waals surface area contributed by atoms with Gasteiger partial charge in [-0.3, -0.25) is 4.68 Å². The number of fused-ring (bicyclic) bond motifs is 1. The lowest BCUT2D eigenvalue weighted by atomic mass is 10.1. The molecule has 24 heavy (non-hydrogen) atoms. The normalized spacial score (nSPS) is 13.1. The molecular formula is C20H28N4. The molecule has 4 heteroatoms. The number of nitrogens with zero attached hydrogens (tertiary/aromatic N) is 3. The van der Waals surface area contributed by atoms with Gasteiger partial charge in [0.1, 0.15) is 0 Å². The van der Waals surface area contributed by atoms with E-state index in [9.17, 15) is 0 Å². The van der Waals surface area contributed by atoms with Gasteiger partial charge >= 0.3 is 0 Å². The molecule has 0 bridgehead atoms. The number of para-hydroxylation sites is 1. The van der Waals surface area contributed by atoms with Crippen LogP contribution >= 0.6 is 0 Å². The van der Waals surface area contributed by atoms with Crippen LogP contribution in [0.2, 0.25) is 0 Å². The molecule has 4 nitrogen and oxygen atoms in total. The smallest absolute Gasteiger partial charge is 0.0537 e. The highest BCUT2D eigenvalue weighted by Crippen LogP contribution is 2.27. The molecule has 3 rings (SSSR count). The molecule has 0 saturated heterocycles. The highest BCUT2D eigenvalue weighted by molar-refractivity contribution is 5.85. The average molecular weight is 324 g/mol. The SMILES string of the molecule is Cc1c(CN[C@H](C)c2cnn(C)c2)c2ccccc2n1CC(C)C. The molecule has 0 radical (unpaired) electrons. The highest BCUT2D eigenvalue weighted by atomic mass is 15.2. The second kappa shape index (κ2) is 6.81. The van der Waals surface area contributed by atoms with E-state index in [2.05, 4.69) is 73.1 Å². The number of hydrogen-bond donors (Lipinski definition) is 1. The fourth-order valence-electron chi connectivity index (χ4n) is 3.36. The first-order valence-corrected chi connectivity index (χ1v) is 8.76. The molecule has 0 aliphatic rings. The molecule has 0 spiro atoms. The van der Waals surface area contributed by atoms with Gasteiger partial charge in [-0.2, -0.15) is 5.10 Å². The Kier molecular flexibility index (Phi) is 4.76. The summed E-state index contributed by atoms with van der Waals surface area (Å²) in [6, 6.07) is 9.03. The van der Waals surface area contributed by atoms with Crippen LogP contribution in [0.1, 0.15) is 43.6 Å². The maximum Gasteiger partial charge on any atom is 0.0537 e. The van der Waals surface area contributed by atoms with Crippen LogP contribution in [0.25, 0.3) is 10.9 Å². The first kappa shape index (κ1) is 16.8. The van der Waals surface area contributed by atoms with Gasteiger partial charge in [0.15, 0.2) is 0 Å². The molecule has 1 atom stereocenters. The lowest BCUT2D eigenvalue weighted by Crippen LogP contribution is -2.18. The van der Waals surface area contributed by atoms with Crippen molar-refractivity contribution >= 4 is 10.9 Å². The second-order valence-electron chi connectivity index (χ2n) is 7.14. The molecule has 0 fully saturated rings. The summed E-state index contributed by atoms with van der Waals surface area (Å²) in [6.07, 6.45) is 4.01. The molecule has 128 valence electrons. The van der Waals surface area contributed by atoms with Gasteiger partial charge in [0, 0.05) is 54.5 Å². The number of nitrogens with one attached hydrogen (secondary N) is 1. The quantitative estimate of drug-likeness (QED) is 0.738. The topological polar surface area (TPSA) is 34.8 Å². The van der Waals surface area contributed by atoms with Gasteiger partial charge in [0.05, 0.1) is 6.20 Å². The van der Waals surface area contributed by atoms with Crippen molar-refractivity contribution in [3.8, 4) is 0 Å². The Labute approximate surface area is 144 Å². The lowest BCUT2D eigenvalue weighted by molar-refractivity contribution is 0.523. The van der Waals surface area contributed by atoms with Crippen LogP contribution in [0, 0.1) is 12.8 Å². The maximum atomic E-state index is 4.27. The molecule has 3 aromatic rings. The van der Waals surface area contributed by atoms with Gasteiger partial charge in [-0.25, -0.2) is 0 Å². The van der Waals surface area contributed by atoms with E-state index < -0.39 is 0 Å². The Hall–Kier alpha value is -2.07. The third-order valence-electron chi connectivity index (χ3n) is 4.72. The Morgan fingerprint density at radius 2 is 1.92 bits per heavy atom. The summed E-state index contributed by atoms with van der Waals surface area (Å²) in [5, 5.41) is 9.29. The molecule has 0 aliphatic carbocycles. The zero-order valence-electron chi connectivity index (χ0n) is 15.4. The first-order valence-electron chi connectivity index (χ1n) is 8.76. The fourth-order valence-corrected chi connectivity index (χ4v) is 3.36. The van der Waals surface area contributed by atoms with Crippen LogP contribution in [0.3, 0.4) is 0 Å². The molecule has 0 unspecified atom stereocenters. The summed E-state index contributed by atoms with van der Waals surface area (Å²) >= 11 is 0. The number of aryl methyl sites for hydroxylation is 1. The molecule has 1 aromatic carbocycles. The molecular weight excluding hydrogens is 296 g/mol. The molecule has 2 heterocycles. The number of benzene rings is 1. The minimum absolute atomic E-state index is 0.283. The monoisotopic (exact) mass is 324 g/mol. The average Bonchev–Trinajstić information content (AvgIpc) is 3.09. The van der Waals surface area contributed by atoms with Crippen molar-refractivity contribution in [1.29, 1.82) is 0 Å². The summed E-state index contributed by atoms with van der Waals surface area (Å²) in [5.74, 6) is 0.634. The van der Waals surface area contributed by atoms with Crippen LogP contribution in [-0.2, 0) is 20.1 Å². The largest absolute Gasteiger partial charge is 0.344 e. The third kappa shape index (κ3) is 3.24. The first-order chi connectivity index (χ1) is 11.5. The minimum atomic E-state index is 0.283. The van der Waals surface area contributed by atoms with Crippen LogP contribution < -0.4 is 5.32 Å². The Balaban J connectivity index is 1.87. The zero-order valence-corrected chi connectivity index (χ0v) is 15.4. The fraction of sp³-hybridized carbons (Fsp3) is 0.450. The van der Waals surface area contributed by atoms with Crippen molar-refractivity contribution < 1.29 is 0 Å². The van der Waals surface area contributed by atoms with Gasteiger partial charge in [-0.15, -0.1) is 0 Å². The Morgan fingerprint density at radius 1 is 1.17 bits per heavy atom. The summed E-state index contributed by atoms with van der Waals surface area (Å²) < 4.78 is 4.32. The van der Waals surface area contributed by atoms with Gasteiger partial charge in [-0.1, -0.05) is 32.0 Å². The Bertz CT molecular complexity index is 825. The summed E-state index contributed by atoms with van der Waals surface area (Å²) in [6.45, 7) is 10.9. The van der Waals surface area contributed by atoms with Gasteiger partial charge in [-0.05, 0) is 31.4 Å². The van der Waals surface area contributed by atoms with Gasteiger partial charge in [0.25, 0.3) is 0 Å². The molecule has 0 saturated carbocycles. The van der Waals surface area contributed by atoms with Crippen molar-refractivity contribution in [1.82, 2.24) is 19.7 Å². The summed E-state index contributed by atoms with van der Waals surface area (Å²) in [7, 11) is 1.96. The van der Waals surface area contributed by atoms with Gasteiger partial charge in [0.2, 0.25) is 0 Å². The van der Waals surface area contributed by atoms with Crippen LogP contribution in [0.15, 0.2) is 36.7 Å². The van der Waals surface area contributed by atoms with E-state index in [4.69, 9.17) is 0 Å². The van der Waals surface area contributed by atoms with Crippen LogP contribution in [-0.4, -0.2) is 14.3 Å². The summed E-state index contributed by atoms with van der Waals surface area (Å²) in [4.78, 5) is 0. The van der Waals surface area contributed by atoms with Crippen LogP contribution in [0.4, 0.5) is 0 Å². The van der Waals surface area contributed by atoms with Gasteiger partial charge < -0.3 is 9.88 Å². The van der Waals surface area contributed by atoms with E-state index in [1.807, 2.05) is 17.9 Å². The van der Waals surface area contributed by atoms with E-state index in [0.717, 1.165) is 13.1 Å². The molecule has 1 N–H and O–H groups in total. The van der Waals surface area contributed by atoms with E-state index in [-0.39, 0.29) is 6.04 Å². The third-order valence-corrected chi connectivity index (χ3v) is 4.72. The molecule has 0 aliphatic heterocycles. The highest BCUT2D eigenvalue weighted by Gasteiger charge is 2.15. The molecule has 2 aromatic heterocycles. The van der Waals surface area contributed by atoms with E-state index in [1.165, 1.54) is 27.7 Å². The van der Waals surface area contributed by atoms with E-state index >= 15 is 0 Å². The predicted octanol–water partition coefficient (Wildman–Crippen LogP) is 4.19. The van der Waals surface area contributed by atoms with Crippen molar-refractivity contribution in [3.63, 3.8) is 0 Å². The number of aromatic nitrogens is 3. The van der Waals surface area contributed by atoms with E-state index in [0.29, 0.717) is 5.92 Å². The Morgan fingerprint density at radius 3 is 2.58 bits per heavy atom. The van der Waals surface area contributed by atoms with Crippen molar-refractivity contribution in [3.05, 3.63) is 53.5 Å². The van der Waals surface area contributed by atoms with Crippen molar-refractivity contribution in [2.45, 2.75) is 46.8 Å². The predicted molar refractivity (Wildman–Crippen MR) is 100.0 cm³/mol. The number of hydrogen-bond acceptors (Lipinski definition) is 2. The second-order valence-corrected chi connectivity index (χ2v) is 7.14. The standard InChI is InChI=1S/C20H28N4/c1-14(2)12-24-16(4)19(18-8-6-7-9-20(18)24)11-21-15(3)17-10-22-23(5)13-17/h6-10,13-15,21H,11-12H2,1-5H3/t15-/m1/s1. The lowest BCUT2D eigenvalue weighted by Gasteiger charge is -2.14. The molecule has 0 amide bonds.